The van der Waals surface area contributed by atoms with Crippen LogP contribution in [0.1, 0.15) is 60.5 Å². The maximum Gasteiger partial charge on any atom is 0.343 e. The van der Waals surface area contributed by atoms with E-state index in [-0.39, 0.29) is 54.0 Å². The number of carbonyl (C=O) groups excluding carboxylic acids is 2. The van der Waals surface area contributed by atoms with Gasteiger partial charge in [0, 0.05) is 29.5 Å². The zero-order chi connectivity index (χ0) is 23.9. The average Bonchev–Trinajstić information content (AvgIpc) is 3.16. The fraction of sp³-hybridized carbons (Fsp3) is 0.360. The Balaban J connectivity index is 1.67. The number of esters is 1. The number of hydrogen-bond acceptors (Lipinski definition) is 7. The molecule has 0 saturated heterocycles. The second-order valence-corrected chi connectivity index (χ2v) is 9.25. The van der Waals surface area contributed by atoms with Crippen LogP contribution in [0.3, 0.4) is 0 Å². The minimum absolute atomic E-state index is 0.0623. The molecule has 6 rings (SSSR count). The number of aliphatic hydroxyl groups is 1. The molecule has 4 heterocycles. The molecule has 3 aliphatic rings. The van der Waals surface area contributed by atoms with Crippen molar-refractivity contribution in [3.63, 3.8) is 0 Å². The number of hydrogen-bond donors (Lipinski definition) is 3. The van der Waals surface area contributed by atoms with E-state index in [1.807, 2.05) is 0 Å². The lowest BCUT2D eigenvalue weighted by atomic mass is 9.83. The maximum absolute atomic E-state index is 13.5. The Morgan fingerprint density at radius 3 is 2.82 bits per heavy atom. The number of nitrogens with one attached hydrogen (secondary N) is 1. The molecule has 2 aromatic heterocycles. The van der Waals surface area contributed by atoms with Gasteiger partial charge >= 0.3 is 5.97 Å². The summed E-state index contributed by atoms with van der Waals surface area (Å²) in [6.07, 6.45) is 1.39. The first-order chi connectivity index (χ1) is 16.2. The van der Waals surface area contributed by atoms with Gasteiger partial charge in [0.1, 0.15) is 12.4 Å². The van der Waals surface area contributed by atoms with Crippen molar-refractivity contribution >= 4 is 22.8 Å². The first-order valence-electron chi connectivity index (χ1n) is 11.4. The van der Waals surface area contributed by atoms with Gasteiger partial charge in [0.25, 0.3) is 5.56 Å². The number of nitrogens with zero attached hydrogens (tertiary/aromatic N) is 2. The van der Waals surface area contributed by atoms with Gasteiger partial charge in [-0.2, -0.15) is 0 Å². The number of benzene rings is 1. The summed E-state index contributed by atoms with van der Waals surface area (Å²) in [4.78, 5) is 42.7. The largest absolute Gasteiger partial charge is 0.508 e. The highest BCUT2D eigenvalue weighted by Gasteiger charge is 2.45. The quantitative estimate of drug-likeness (QED) is 0.389. The van der Waals surface area contributed by atoms with Crippen molar-refractivity contribution in [2.45, 2.75) is 57.9 Å². The number of cyclic esters (lactones) is 1. The SMILES string of the molecule is CC[C@@]1(O)C(=O)OCc2c1cc1n(c2=O)Cc2c-1nc1cc(O)cc3c1c2C(NC(C)=O)CC3. The summed E-state index contributed by atoms with van der Waals surface area (Å²) in [6, 6.07) is 4.71. The molecule has 1 aromatic carbocycles. The number of aryl methyl sites for hydroxylation is 1. The van der Waals surface area contributed by atoms with E-state index in [4.69, 9.17) is 9.72 Å². The Bertz CT molecular complexity index is 1510. The fourth-order valence-corrected chi connectivity index (χ4v) is 5.73. The van der Waals surface area contributed by atoms with Crippen molar-refractivity contribution in [3.8, 4) is 17.1 Å². The Kier molecular flexibility index (Phi) is 4.23. The van der Waals surface area contributed by atoms with Crippen LogP contribution in [0, 0.1) is 0 Å². The monoisotopic (exact) mass is 461 g/mol. The maximum atomic E-state index is 13.5. The number of fused-ring (bicyclic) bond motifs is 5. The molecule has 2 atom stereocenters. The normalized spacial score (nSPS) is 22.1. The zero-order valence-corrected chi connectivity index (χ0v) is 18.8. The van der Waals surface area contributed by atoms with E-state index in [0.717, 1.165) is 22.1 Å². The molecule has 1 unspecified atom stereocenters. The van der Waals surface area contributed by atoms with Crippen molar-refractivity contribution in [1.82, 2.24) is 14.9 Å². The minimum Gasteiger partial charge on any atom is -0.508 e. The molecule has 2 aliphatic heterocycles. The van der Waals surface area contributed by atoms with E-state index in [2.05, 4.69) is 5.32 Å². The van der Waals surface area contributed by atoms with Gasteiger partial charge in [-0.25, -0.2) is 9.78 Å². The molecule has 1 amide bonds. The molecule has 3 aromatic rings. The molecule has 3 N–H and O–H groups in total. The van der Waals surface area contributed by atoms with Crippen LogP contribution in [0.4, 0.5) is 0 Å². The standard InChI is InChI=1S/C25H23N3O6/c1-3-25(33)16-8-19-22-14(9-28(19)23(31)15(16)10-34-24(25)32)21-17(26-11(2)29)5-4-12-6-13(30)7-18(27-22)20(12)21/h6-8,17,30,33H,3-5,9-10H2,1-2H3,(H,26,29)/t17?,25-/m0/s1. The van der Waals surface area contributed by atoms with Gasteiger partial charge in [-0.3, -0.25) is 9.59 Å². The number of aromatic nitrogens is 2. The molecule has 9 heteroatoms. The van der Waals surface area contributed by atoms with Crippen LogP contribution >= 0.6 is 0 Å². The van der Waals surface area contributed by atoms with Crippen molar-refractivity contribution in [1.29, 1.82) is 0 Å². The van der Waals surface area contributed by atoms with Crippen LogP contribution in [0.25, 0.3) is 22.3 Å². The molecular formula is C25H23N3O6. The van der Waals surface area contributed by atoms with E-state index in [0.29, 0.717) is 29.7 Å². The number of ether oxygens (including phenoxy) is 1. The fourth-order valence-electron chi connectivity index (χ4n) is 5.73. The van der Waals surface area contributed by atoms with E-state index in [9.17, 15) is 24.6 Å². The zero-order valence-electron chi connectivity index (χ0n) is 18.8. The summed E-state index contributed by atoms with van der Waals surface area (Å²) < 4.78 is 6.73. The highest BCUT2D eigenvalue weighted by Crippen LogP contribution is 2.45. The summed E-state index contributed by atoms with van der Waals surface area (Å²) in [6.45, 7) is 3.19. The Morgan fingerprint density at radius 1 is 1.29 bits per heavy atom. The van der Waals surface area contributed by atoms with Gasteiger partial charge in [0.05, 0.1) is 35.1 Å². The molecule has 0 spiro atoms. The van der Waals surface area contributed by atoms with Crippen LogP contribution < -0.4 is 10.9 Å². The molecule has 34 heavy (non-hydrogen) atoms. The summed E-state index contributed by atoms with van der Waals surface area (Å²) in [7, 11) is 0. The van der Waals surface area contributed by atoms with Gasteiger partial charge in [0.2, 0.25) is 5.91 Å². The smallest absolute Gasteiger partial charge is 0.343 e. The second kappa shape index (κ2) is 6.89. The third kappa shape index (κ3) is 2.64. The summed E-state index contributed by atoms with van der Waals surface area (Å²) in [5, 5.41) is 25.3. The van der Waals surface area contributed by atoms with E-state index in [1.165, 1.54) is 6.92 Å². The molecule has 1 aliphatic carbocycles. The van der Waals surface area contributed by atoms with Crippen molar-refractivity contribution in [2.24, 2.45) is 0 Å². The third-order valence-corrected chi connectivity index (χ3v) is 7.33. The Hall–Kier alpha value is -3.72. The number of phenols is 1. The first-order valence-corrected chi connectivity index (χ1v) is 11.4. The van der Waals surface area contributed by atoms with Crippen LogP contribution in [-0.2, 0) is 39.5 Å². The van der Waals surface area contributed by atoms with Crippen molar-refractivity contribution in [2.75, 3.05) is 0 Å². The summed E-state index contributed by atoms with van der Waals surface area (Å²) >= 11 is 0. The number of phenolic OH excluding ortho intramolecular Hbond substituents is 1. The van der Waals surface area contributed by atoms with E-state index >= 15 is 0 Å². The van der Waals surface area contributed by atoms with Crippen LogP contribution in [0.15, 0.2) is 23.0 Å². The number of carbonyl (C=O) groups is 2. The van der Waals surface area contributed by atoms with Crippen LogP contribution in [0.2, 0.25) is 0 Å². The third-order valence-electron chi connectivity index (χ3n) is 7.33. The van der Waals surface area contributed by atoms with Gasteiger partial charge in [-0.05, 0) is 42.5 Å². The van der Waals surface area contributed by atoms with Crippen molar-refractivity contribution in [3.05, 3.63) is 56.4 Å². The number of pyridine rings is 2. The molecule has 0 fully saturated rings. The summed E-state index contributed by atoms with van der Waals surface area (Å²) in [5.41, 5.74) is 2.56. The first kappa shape index (κ1) is 20.9. The highest BCUT2D eigenvalue weighted by atomic mass is 16.6. The lowest BCUT2D eigenvalue weighted by Crippen LogP contribution is -2.44. The molecular weight excluding hydrogens is 438 g/mol. The van der Waals surface area contributed by atoms with Crippen molar-refractivity contribution < 1.29 is 24.5 Å². The Labute approximate surface area is 194 Å². The molecule has 9 nitrogen and oxygen atoms in total. The number of rotatable bonds is 2. The highest BCUT2D eigenvalue weighted by molar-refractivity contribution is 5.93. The topological polar surface area (TPSA) is 131 Å². The van der Waals surface area contributed by atoms with Gasteiger partial charge in [-0.15, -0.1) is 0 Å². The van der Waals surface area contributed by atoms with Crippen LogP contribution in [-0.4, -0.2) is 31.6 Å². The lowest BCUT2D eigenvalue weighted by Gasteiger charge is -2.31. The molecule has 0 saturated carbocycles. The minimum atomic E-state index is -1.90. The second-order valence-electron chi connectivity index (χ2n) is 9.25. The molecule has 0 bridgehead atoms. The lowest BCUT2D eigenvalue weighted by molar-refractivity contribution is -0.172. The van der Waals surface area contributed by atoms with Gasteiger partial charge in [-0.1, -0.05) is 6.92 Å². The van der Waals surface area contributed by atoms with Crippen LogP contribution in [0.5, 0.6) is 5.75 Å². The average molecular weight is 461 g/mol. The predicted molar refractivity (Wildman–Crippen MR) is 121 cm³/mol. The van der Waals surface area contributed by atoms with Gasteiger partial charge in [0.15, 0.2) is 5.60 Å². The number of amides is 1. The summed E-state index contributed by atoms with van der Waals surface area (Å²) in [5.74, 6) is -0.826. The Morgan fingerprint density at radius 2 is 2.09 bits per heavy atom. The van der Waals surface area contributed by atoms with Gasteiger partial charge < -0.3 is 24.8 Å². The van der Waals surface area contributed by atoms with E-state index < -0.39 is 11.6 Å². The van der Waals surface area contributed by atoms with E-state index in [1.54, 1.807) is 29.7 Å². The molecule has 0 radical (unpaired) electrons. The predicted octanol–water partition coefficient (Wildman–Crippen LogP) is 1.91. The number of aromatic hydroxyl groups is 1. The molecule has 174 valence electrons.